The molecule has 0 bridgehead atoms. The van der Waals surface area contributed by atoms with Gasteiger partial charge in [-0.15, -0.1) is 0 Å². The predicted octanol–water partition coefficient (Wildman–Crippen LogP) is 1.21. The Balaban J connectivity index is 1.91. The molecule has 2 heteroatoms. The van der Waals surface area contributed by atoms with E-state index in [-0.39, 0.29) is 5.54 Å². The highest BCUT2D eigenvalue weighted by atomic mass is 15.2. The summed E-state index contributed by atoms with van der Waals surface area (Å²) in [5.74, 6) is 0.916. The van der Waals surface area contributed by atoms with Crippen molar-refractivity contribution in [3.8, 4) is 0 Å². The lowest BCUT2D eigenvalue weighted by Crippen LogP contribution is -2.48. The summed E-state index contributed by atoms with van der Waals surface area (Å²) in [6.45, 7) is 6.88. The molecule has 0 aromatic rings. The van der Waals surface area contributed by atoms with E-state index in [9.17, 15) is 0 Å². The van der Waals surface area contributed by atoms with Crippen LogP contribution in [0.15, 0.2) is 0 Å². The lowest BCUT2D eigenvalue weighted by atomic mass is 9.80. The molecule has 70 valence electrons. The van der Waals surface area contributed by atoms with Crippen molar-refractivity contribution in [3.05, 3.63) is 0 Å². The predicted molar refractivity (Wildman–Crippen MR) is 51.0 cm³/mol. The molecular weight excluding hydrogens is 148 g/mol. The van der Waals surface area contributed by atoms with Gasteiger partial charge in [-0.2, -0.15) is 0 Å². The van der Waals surface area contributed by atoms with Crippen molar-refractivity contribution in [3.63, 3.8) is 0 Å². The third-order valence-corrected chi connectivity index (χ3v) is 3.58. The molecule has 0 aromatic heterocycles. The molecule has 2 N–H and O–H groups in total. The largest absolute Gasteiger partial charge is 0.324 e. The molecular formula is C10H20N2. The molecule has 1 saturated carbocycles. The SMILES string of the molecule is CC1CCC1N1CCC(C)(N)C1. The summed E-state index contributed by atoms with van der Waals surface area (Å²) in [5.41, 5.74) is 6.18. The molecule has 3 unspecified atom stereocenters. The van der Waals surface area contributed by atoms with Crippen LogP contribution in [0.3, 0.4) is 0 Å². The second kappa shape index (κ2) is 2.71. The minimum atomic E-state index is 0.0926. The normalized spacial score (nSPS) is 49.2. The fraction of sp³-hybridized carbons (Fsp3) is 1.00. The van der Waals surface area contributed by atoms with Crippen LogP contribution in [0, 0.1) is 5.92 Å². The minimum Gasteiger partial charge on any atom is -0.324 e. The first-order valence-corrected chi connectivity index (χ1v) is 5.11. The molecule has 1 saturated heterocycles. The van der Waals surface area contributed by atoms with Gasteiger partial charge >= 0.3 is 0 Å². The van der Waals surface area contributed by atoms with Crippen LogP contribution in [0.5, 0.6) is 0 Å². The van der Waals surface area contributed by atoms with Gasteiger partial charge in [0.1, 0.15) is 0 Å². The zero-order valence-corrected chi connectivity index (χ0v) is 8.21. The first kappa shape index (κ1) is 8.52. The molecule has 1 heterocycles. The molecule has 0 amide bonds. The van der Waals surface area contributed by atoms with Crippen LogP contribution in [-0.2, 0) is 0 Å². The lowest BCUT2D eigenvalue weighted by molar-refractivity contribution is 0.0900. The van der Waals surface area contributed by atoms with Gasteiger partial charge in [-0.25, -0.2) is 0 Å². The monoisotopic (exact) mass is 168 g/mol. The zero-order valence-electron chi connectivity index (χ0n) is 8.21. The van der Waals surface area contributed by atoms with Gasteiger partial charge in [-0.05, 0) is 32.1 Å². The van der Waals surface area contributed by atoms with Gasteiger partial charge in [-0.1, -0.05) is 6.92 Å². The Hall–Kier alpha value is -0.0800. The second-order valence-corrected chi connectivity index (χ2v) is 5.00. The first-order valence-electron chi connectivity index (χ1n) is 5.11. The summed E-state index contributed by atoms with van der Waals surface area (Å²) in [5, 5.41) is 0. The van der Waals surface area contributed by atoms with E-state index in [0.29, 0.717) is 0 Å². The average molecular weight is 168 g/mol. The summed E-state index contributed by atoms with van der Waals surface area (Å²) in [6.07, 6.45) is 4.00. The van der Waals surface area contributed by atoms with Crippen LogP contribution in [0.1, 0.15) is 33.1 Å². The molecule has 0 radical (unpaired) electrons. The Morgan fingerprint density at radius 3 is 2.50 bits per heavy atom. The van der Waals surface area contributed by atoms with E-state index < -0.39 is 0 Å². The van der Waals surface area contributed by atoms with Crippen molar-refractivity contribution in [1.29, 1.82) is 0 Å². The Kier molecular flexibility index (Phi) is 1.92. The number of hydrogen-bond donors (Lipinski definition) is 1. The van der Waals surface area contributed by atoms with Crippen LogP contribution in [0.2, 0.25) is 0 Å². The van der Waals surface area contributed by atoms with E-state index in [1.54, 1.807) is 0 Å². The quantitative estimate of drug-likeness (QED) is 0.637. The highest BCUT2D eigenvalue weighted by Crippen LogP contribution is 2.34. The van der Waals surface area contributed by atoms with Gasteiger partial charge < -0.3 is 5.73 Å². The van der Waals surface area contributed by atoms with E-state index in [4.69, 9.17) is 5.73 Å². The van der Waals surface area contributed by atoms with Crippen molar-refractivity contribution in [2.45, 2.75) is 44.7 Å². The van der Waals surface area contributed by atoms with Crippen LogP contribution in [0.4, 0.5) is 0 Å². The summed E-state index contributed by atoms with van der Waals surface area (Å²) in [4.78, 5) is 2.59. The maximum atomic E-state index is 6.09. The number of hydrogen-bond acceptors (Lipinski definition) is 2. The zero-order chi connectivity index (χ0) is 8.77. The molecule has 0 aromatic carbocycles. The first-order chi connectivity index (χ1) is 5.58. The van der Waals surface area contributed by atoms with Crippen molar-refractivity contribution < 1.29 is 0 Å². The van der Waals surface area contributed by atoms with E-state index in [0.717, 1.165) is 18.5 Å². The molecule has 0 spiro atoms. The Morgan fingerprint density at radius 2 is 2.17 bits per heavy atom. The van der Waals surface area contributed by atoms with E-state index in [1.807, 2.05) is 0 Å². The number of rotatable bonds is 1. The molecule has 1 aliphatic heterocycles. The molecule has 3 atom stereocenters. The van der Waals surface area contributed by atoms with Gasteiger partial charge in [0, 0.05) is 24.7 Å². The topological polar surface area (TPSA) is 29.3 Å². The molecule has 1 aliphatic carbocycles. The standard InChI is InChI=1S/C10H20N2/c1-8-3-4-9(8)12-6-5-10(2,11)7-12/h8-9H,3-7,11H2,1-2H3. The van der Waals surface area contributed by atoms with Crippen molar-refractivity contribution in [2.24, 2.45) is 11.7 Å². The number of nitrogens with zero attached hydrogens (tertiary/aromatic N) is 1. The fourth-order valence-corrected chi connectivity index (χ4v) is 2.50. The van der Waals surface area contributed by atoms with E-state index in [1.165, 1.54) is 25.8 Å². The van der Waals surface area contributed by atoms with Crippen LogP contribution in [0.25, 0.3) is 0 Å². The Labute approximate surface area is 75.1 Å². The van der Waals surface area contributed by atoms with E-state index in [2.05, 4.69) is 18.7 Å². The molecule has 12 heavy (non-hydrogen) atoms. The third-order valence-electron chi connectivity index (χ3n) is 3.58. The number of nitrogens with two attached hydrogens (primary N) is 1. The highest BCUT2D eigenvalue weighted by Gasteiger charge is 2.39. The summed E-state index contributed by atoms with van der Waals surface area (Å²) < 4.78 is 0. The van der Waals surface area contributed by atoms with Crippen molar-refractivity contribution in [2.75, 3.05) is 13.1 Å². The van der Waals surface area contributed by atoms with Crippen molar-refractivity contribution >= 4 is 0 Å². The van der Waals surface area contributed by atoms with Gasteiger partial charge in [0.15, 0.2) is 0 Å². The highest BCUT2D eigenvalue weighted by molar-refractivity contribution is 4.96. The molecule has 2 nitrogen and oxygen atoms in total. The fourth-order valence-electron chi connectivity index (χ4n) is 2.50. The Morgan fingerprint density at radius 1 is 1.42 bits per heavy atom. The maximum absolute atomic E-state index is 6.09. The van der Waals surface area contributed by atoms with Crippen molar-refractivity contribution in [1.82, 2.24) is 4.90 Å². The van der Waals surface area contributed by atoms with Gasteiger partial charge in [0.25, 0.3) is 0 Å². The van der Waals surface area contributed by atoms with Crippen LogP contribution in [-0.4, -0.2) is 29.6 Å². The summed E-state index contributed by atoms with van der Waals surface area (Å²) in [6, 6.07) is 0.857. The molecule has 2 fully saturated rings. The van der Waals surface area contributed by atoms with Gasteiger partial charge in [-0.3, -0.25) is 4.90 Å². The Bertz CT molecular complexity index is 177. The van der Waals surface area contributed by atoms with Crippen LogP contribution >= 0.6 is 0 Å². The van der Waals surface area contributed by atoms with Gasteiger partial charge in [0.05, 0.1) is 0 Å². The summed E-state index contributed by atoms with van der Waals surface area (Å²) in [7, 11) is 0. The summed E-state index contributed by atoms with van der Waals surface area (Å²) >= 11 is 0. The minimum absolute atomic E-state index is 0.0926. The average Bonchev–Trinajstić information content (AvgIpc) is 2.27. The van der Waals surface area contributed by atoms with E-state index >= 15 is 0 Å². The maximum Gasteiger partial charge on any atom is 0.0267 e. The smallest absolute Gasteiger partial charge is 0.0267 e. The second-order valence-electron chi connectivity index (χ2n) is 5.00. The number of likely N-dealkylation sites (tertiary alicyclic amines) is 1. The van der Waals surface area contributed by atoms with Crippen LogP contribution < -0.4 is 5.73 Å². The molecule has 2 rings (SSSR count). The van der Waals surface area contributed by atoms with Gasteiger partial charge in [0.2, 0.25) is 0 Å². The third kappa shape index (κ3) is 1.38. The molecule has 2 aliphatic rings. The lowest BCUT2D eigenvalue weighted by Gasteiger charge is -2.41.